The van der Waals surface area contributed by atoms with E-state index in [-0.39, 0.29) is 11.8 Å². The molecule has 0 heterocycles. The highest BCUT2D eigenvalue weighted by Gasteiger charge is 2.34. The van der Waals surface area contributed by atoms with Gasteiger partial charge in [0.1, 0.15) is 0 Å². The fourth-order valence-corrected chi connectivity index (χ4v) is 2.49. The summed E-state index contributed by atoms with van der Waals surface area (Å²) < 4.78 is 0. The number of allylic oxidation sites excluding steroid dienone is 1. The molecule has 0 spiro atoms. The summed E-state index contributed by atoms with van der Waals surface area (Å²) in [6.07, 6.45) is 4.24. The number of carboxylic acids is 1. The number of carbonyl (C=O) groups is 1. The van der Waals surface area contributed by atoms with Crippen LogP contribution in [0, 0.1) is 0 Å². The zero-order chi connectivity index (χ0) is 11.6. The van der Waals surface area contributed by atoms with E-state index in [1.165, 1.54) is 5.56 Å². The van der Waals surface area contributed by atoms with Crippen molar-refractivity contribution in [3.8, 4) is 0 Å². The number of benzene rings is 1. The molecule has 16 heavy (non-hydrogen) atoms. The lowest BCUT2D eigenvalue weighted by molar-refractivity contribution is -0.136. The van der Waals surface area contributed by atoms with Crippen LogP contribution in [0.5, 0.6) is 0 Å². The van der Waals surface area contributed by atoms with Crippen molar-refractivity contribution >= 4 is 5.97 Å². The van der Waals surface area contributed by atoms with E-state index in [1.54, 1.807) is 0 Å². The van der Waals surface area contributed by atoms with Crippen LogP contribution in [-0.4, -0.2) is 11.1 Å². The lowest BCUT2D eigenvalue weighted by atomic mass is 9.76. The van der Waals surface area contributed by atoms with Gasteiger partial charge in [0, 0.05) is 5.41 Å². The van der Waals surface area contributed by atoms with Gasteiger partial charge < -0.3 is 5.11 Å². The van der Waals surface area contributed by atoms with Crippen molar-refractivity contribution in [2.45, 2.75) is 31.6 Å². The first kappa shape index (κ1) is 10.9. The minimum Gasteiger partial charge on any atom is -0.481 e. The van der Waals surface area contributed by atoms with Gasteiger partial charge in [-0.15, -0.1) is 0 Å². The summed E-state index contributed by atoms with van der Waals surface area (Å²) in [5, 5.41) is 8.91. The lowest BCUT2D eigenvalue weighted by Gasteiger charge is -2.28. The van der Waals surface area contributed by atoms with Crippen molar-refractivity contribution in [1.29, 1.82) is 0 Å². The Balaban J connectivity index is 2.32. The van der Waals surface area contributed by atoms with Crippen LogP contribution < -0.4 is 0 Å². The molecule has 2 nitrogen and oxygen atoms in total. The summed E-state index contributed by atoms with van der Waals surface area (Å²) >= 11 is 0. The molecule has 0 aromatic heterocycles. The minimum atomic E-state index is -0.740. The molecule has 1 aliphatic rings. The zero-order valence-electron chi connectivity index (χ0n) is 9.44. The molecule has 0 aliphatic heterocycles. The van der Waals surface area contributed by atoms with Crippen molar-refractivity contribution < 1.29 is 9.90 Å². The van der Waals surface area contributed by atoms with Crippen molar-refractivity contribution in [3.05, 3.63) is 47.5 Å². The number of hydrogen-bond acceptors (Lipinski definition) is 1. The largest absolute Gasteiger partial charge is 0.481 e. The molecule has 0 amide bonds. The SMILES string of the molecule is C[C@@]1(c2ccccc2)CCC=C1CC(=O)O. The lowest BCUT2D eigenvalue weighted by Crippen LogP contribution is -2.22. The quantitative estimate of drug-likeness (QED) is 0.788. The molecular weight excluding hydrogens is 200 g/mol. The summed E-state index contributed by atoms with van der Waals surface area (Å²) in [6.45, 7) is 2.14. The highest BCUT2D eigenvalue weighted by Crippen LogP contribution is 2.42. The molecule has 0 bridgehead atoms. The predicted octanol–water partition coefficient (Wildman–Crippen LogP) is 3.14. The van der Waals surface area contributed by atoms with E-state index in [2.05, 4.69) is 25.1 Å². The van der Waals surface area contributed by atoms with Crippen molar-refractivity contribution in [2.75, 3.05) is 0 Å². The molecule has 0 radical (unpaired) electrons. The molecule has 0 fully saturated rings. The van der Waals surface area contributed by atoms with Crippen LogP contribution in [0.15, 0.2) is 42.0 Å². The average Bonchev–Trinajstić information content (AvgIpc) is 2.62. The molecule has 2 rings (SSSR count). The van der Waals surface area contributed by atoms with E-state index in [0.29, 0.717) is 0 Å². The van der Waals surface area contributed by atoms with Gasteiger partial charge in [0.2, 0.25) is 0 Å². The van der Waals surface area contributed by atoms with E-state index in [9.17, 15) is 4.79 Å². The molecule has 1 aromatic rings. The van der Waals surface area contributed by atoms with E-state index in [4.69, 9.17) is 5.11 Å². The Kier molecular flexibility index (Phi) is 2.82. The van der Waals surface area contributed by atoms with Crippen molar-refractivity contribution in [1.82, 2.24) is 0 Å². The first-order valence-corrected chi connectivity index (χ1v) is 5.60. The molecule has 1 aliphatic carbocycles. The predicted molar refractivity (Wildman–Crippen MR) is 63.4 cm³/mol. The topological polar surface area (TPSA) is 37.3 Å². The maximum Gasteiger partial charge on any atom is 0.307 e. The smallest absolute Gasteiger partial charge is 0.307 e. The number of hydrogen-bond donors (Lipinski definition) is 1. The van der Waals surface area contributed by atoms with Crippen molar-refractivity contribution in [2.24, 2.45) is 0 Å². The first-order valence-electron chi connectivity index (χ1n) is 5.60. The number of carboxylic acid groups (broad SMARTS) is 1. The molecular formula is C14H16O2. The van der Waals surface area contributed by atoms with E-state index in [0.717, 1.165) is 18.4 Å². The van der Waals surface area contributed by atoms with E-state index >= 15 is 0 Å². The van der Waals surface area contributed by atoms with E-state index in [1.807, 2.05) is 18.2 Å². The van der Waals surface area contributed by atoms with Crippen LogP contribution in [0.3, 0.4) is 0 Å². The fourth-order valence-electron chi connectivity index (χ4n) is 2.49. The molecule has 1 atom stereocenters. The highest BCUT2D eigenvalue weighted by molar-refractivity contribution is 5.71. The Bertz CT molecular complexity index is 420. The summed E-state index contributed by atoms with van der Waals surface area (Å²) in [4.78, 5) is 10.8. The van der Waals surface area contributed by atoms with Gasteiger partial charge in [-0.1, -0.05) is 48.9 Å². The van der Waals surface area contributed by atoms with Gasteiger partial charge in [0.15, 0.2) is 0 Å². The molecule has 1 aromatic carbocycles. The number of aliphatic carboxylic acids is 1. The van der Waals surface area contributed by atoms with Gasteiger partial charge in [0.25, 0.3) is 0 Å². The second-order valence-corrected chi connectivity index (χ2v) is 4.54. The van der Waals surface area contributed by atoms with Gasteiger partial charge in [-0.05, 0) is 18.4 Å². The molecule has 84 valence electrons. The summed E-state index contributed by atoms with van der Waals surface area (Å²) in [5.74, 6) is -0.740. The second-order valence-electron chi connectivity index (χ2n) is 4.54. The summed E-state index contributed by atoms with van der Waals surface area (Å²) in [7, 11) is 0. The zero-order valence-corrected chi connectivity index (χ0v) is 9.44. The average molecular weight is 216 g/mol. The Morgan fingerprint density at radius 2 is 2.06 bits per heavy atom. The normalized spacial score (nSPS) is 24.2. The maximum absolute atomic E-state index is 10.8. The molecule has 0 saturated heterocycles. The van der Waals surface area contributed by atoms with Crippen LogP contribution in [0.1, 0.15) is 31.7 Å². The highest BCUT2D eigenvalue weighted by atomic mass is 16.4. The Labute approximate surface area is 95.6 Å². The van der Waals surface area contributed by atoms with Crippen LogP contribution >= 0.6 is 0 Å². The van der Waals surface area contributed by atoms with E-state index < -0.39 is 5.97 Å². The molecule has 1 N–H and O–H groups in total. The van der Waals surface area contributed by atoms with Crippen LogP contribution in [0.25, 0.3) is 0 Å². The van der Waals surface area contributed by atoms with Gasteiger partial charge >= 0.3 is 5.97 Å². The molecule has 0 saturated carbocycles. The summed E-state index contributed by atoms with van der Waals surface area (Å²) in [6, 6.07) is 10.2. The van der Waals surface area contributed by atoms with Crippen LogP contribution in [0.4, 0.5) is 0 Å². The van der Waals surface area contributed by atoms with Gasteiger partial charge in [-0.25, -0.2) is 0 Å². The van der Waals surface area contributed by atoms with Gasteiger partial charge in [0.05, 0.1) is 6.42 Å². The Morgan fingerprint density at radius 3 is 2.69 bits per heavy atom. The Hall–Kier alpha value is -1.57. The first-order chi connectivity index (χ1) is 7.63. The monoisotopic (exact) mass is 216 g/mol. The molecule has 0 unspecified atom stereocenters. The maximum atomic E-state index is 10.8. The third-order valence-corrected chi connectivity index (χ3v) is 3.50. The number of rotatable bonds is 3. The minimum absolute atomic E-state index is 0.0837. The standard InChI is InChI=1S/C14H16O2/c1-14(11-6-3-2-4-7-11)9-5-8-12(14)10-13(15)16/h2-4,6-8H,5,9-10H2,1H3,(H,15,16)/t14-/m0/s1. The second kappa shape index (κ2) is 4.12. The van der Waals surface area contributed by atoms with Gasteiger partial charge in [-0.3, -0.25) is 4.79 Å². The Morgan fingerprint density at radius 1 is 1.38 bits per heavy atom. The van der Waals surface area contributed by atoms with Crippen LogP contribution in [-0.2, 0) is 10.2 Å². The fraction of sp³-hybridized carbons (Fsp3) is 0.357. The van der Waals surface area contributed by atoms with Crippen LogP contribution in [0.2, 0.25) is 0 Å². The summed E-state index contributed by atoms with van der Waals surface area (Å²) in [5.41, 5.74) is 2.19. The molecule has 2 heteroatoms. The third kappa shape index (κ3) is 1.87. The van der Waals surface area contributed by atoms with Crippen molar-refractivity contribution in [3.63, 3.8) is 0 Å². The third-order valence-electron chi connectivity index (χ3n) is 3.50. The van der Waals surface area contributed by atoms with Gasteiger partial charge in [-0.2, -0.15) is 0 Å².